The van der Waals surface area contributed by atoms with Gasteiger partial charge in [0.15, 0.2) is 0 Å². The summed E-state index contributed by atoms with van der Waals surface area (Å²) in [5, 5.41) is 9.00. The Bertz CT molecular complexity index is 540. The summed E-state index contributed by atoms with van der Waals surface area (Å²) in [4.78, 5) is 10.9. The maximum absolute atomic E-state index is 12.4. The summed E-state index contributed by atoms with van der Waals surface area (Å²) in [6.45, 7) is 0. The van der Waals surface area contributed by atoms with Crippen LogP contribution in [0.3, 0.4) is 0 Å². The Morgan fingerprint density at radius 1 is 1.53 bits per heavy atom. The summed E-state index contributed by atoms with van der Waals surface area (Å²) in [6.07, 6.45) is -0.252. The predicted molar refractivity (Wildman–Crippen MR) is 66.5 cm³/mol. The number of carbonyl (C=O) groups excluding carboxylic acids is 1. The molecule has 1 aromatic carbocycles. The van der Waals surface area contributed by atoms with E-state index in [9.17, 15) is 18.0 Å². The molecule has 0 spiro atoms. The van der Waals surface area contributed by atoms with Crippen LogP contribution in [0, 0.1) is 11.3 Å². The Labute approximate surface area is 119 Å². The number of nitriles is 1. The lowest BCUT2D eigenvalue weighted by Crippen LogP contribution is -2.08. The van der Waals surface area contributed by atoms with E-state index in [-0.39, 0.29) is 26.9 Å². The normalized spacial score (nSPS) is 10.9. The van der Waals surface area contributed by atoms with Gasteiger partial charge < -0.3 is 4.74 Å². The van der Waals surface area contributed by atoms with Crippen LogP contribution in [0.25, 0.3) is 0 Å². The lowest BCUT2D eigenvalue weighted by molar-refractivity contribution is -0.139. The first kappa shape index (κ1) is 15.9. The van der Waals surface area contributed by atoms with Gasteiger partial charge in [0.25, 0.3) is 0 Å². The number of halogens is 4. The molecule has 19 heavy (non-hydrogen) atoms. The van der Waals surface area contributed by atoms with Gasteiger partial charge >= 0.3 is 11.5 Å². The minimum atomic E-state index is -4.52. The molecule has 1 aromatic rings. The molecule has 0 N–H and O–H groups in total. The second-order valence-corrected chi connectivity index (χ2v) is 5.25. The highest BCUT2D eigenvalue weighted by Gasteiger charge is 2.32. The lowest BCUT2D eigenvalue weighted by atomic mass is 10.1. The summed E-state index contributed by atoms with van der Waals surface area (Å²) in [5.41, 5.74) is -4.50. The molecule has 0 atom stereocenters. The summed E-state index contributed by atoms with van der Waals surface area (Å²) in [7, 11) is 1.17. The number of methoxy groups -OCH3 is 1. The van der Waals surface area contributed by atoms with Crippen molar-refractivity contribution < 1.29 is 22.7 Å². The number of hydrogen-bond acceptors (Lipinski definition) is 4. The van der Waals surface area contributed by atoms with Crippen molar-refractivity contribution in [2.24, 2.45) is 0 Å². The zero-order valence-electron chi connectivity index (χ0n) is 9.55. The summed E-state index contributed by atoms with van der Waals surface area (Å²) >= 11 is 2.58. The number of ether oxygens (including phenoxy) is 1. The van der Waals surface area contributed by atoms with E-state index in [0.29, 0.717) is 0 Å². The minimum Gasteiger partial charge on any atom is -0.469 e. The minimum absolute atomic E-state index is 0.153. The van der Waals surface area contributed by atoms with Crippen molar-refractivity contribution >= 4 is 33.7 Å². The van der Waals surface area contributed by atoms with Crippen molar-refractivity contribution in [1.82, 2.24) is 0 Å². The average Bonchev–Trinajstić information content (AvgIpc) is 2.31. The monoisotopic (exact) mass is 353 g/mol. The number of alkyl halides is 3. The highest BCUT2D eigenvalue weighted by Crippen LogP contribution is 2.43. The summed E-state index contributed by atoms with van der Waals surface area (Å²) in [6, 6.07) is 4.48. The van der Waals surface area contributed by atoms with Gasteiger partial charge in [-0.05, 0) is 39.3 Å². The van der Waals surface area contributed by atoms with E-state index in [1.165, 1.54) is 19.2 Å². The second kappa shape index (κ2) is 6.30. The van der Waals surface area contributed by atoms with E-state index in [2.05, 4.69) is 20.7 Å². The van der Waals surface area contributed by atoms with Crippen molar-refractivity contribution in [3.8, 4) is 6.07 Å². The van der Waals surface area contributed by atoms with Gasteiger partial charge in [-0.3, -0.25) is 4.79 Å². The second-order valence-electron chi connectivity index (χ2n) is 3.32. The van der Waals surface area contributed by atoms with Crippen LogP contribution < -0.4 is 0 Å². The Morgan fingerprint density at radius 3 is 2.63 bits per heavy atom. The first-order valence-corrected chi connectivity index (χ1v) is 6.43. The zero-order valence-corrected chi connectivity index (χ0v) is 11.9. The quantitative estimate of drug-likeness (QED) is 0.614. The number of benzene rings is 1. The molecule has 0 bridgehead atoms. The van der Waals surface area contributed by atoms with Gasteiger partial charge in [-0.2, -0.15) is 18.4 Å². The lowest BCUT2D eigenvalue weighted by Gasteiger charge is -2.12. The van der Waals surface area contributed by atoms with E-state index in [1.807, 2.05) is 0 Å². The smallest absolute Gasteiger partial charge is 0.446 e. The molecule has 8 heteroatoms. The van der Waals surface area contributed by atoms with Crippen LogP contribution in [0.1, 0.15) is 11.1 Å². The number of thioether (sulfide) groups is 1. The molecule has 0 saturated carbocycles. The van der Waals surface area contributed by atoms with Gasteiger partial charge in [0.1, 0.15) is 6.07 Å². The Balaban J connectivity index is 3.26. The fourth-order valence-corrected chi connectivity index (χ4v) is 2.56. The Hall–Kier alpha value is -1.20. The third kappa shape index (κ3) is 4.44. The standard InChI is InChI=1S/C11H7BrF3NO2S/c1-18-9(17)4-6-2-3-8(12)10(7(6)5-16)19-11(13,14)15/h2-3H,4H2,1H3. The summed E-state index contributed by atoms with van der Waals surface area (Å²) in [5.74, 6) is -0.623. The van der Waals surface area contributed by atoms with Crippen LogP contribution in [0.15, 0.2) is 21.5 Å². The number of carbonyl (C=O) groups is 1. The molecule has 0 unspecified atom stereocenters. The third-order valence-electron chi connectivity index (χ3n) is 2.09. The van der Waals surface area contributed by atoms with Gasteiger partial charge in [-0.15, -0.1) is 0 Å². The van der Waals surface area contributed by atoms with Crippen LogP contribution in [0.4, 0.5) is 13.2 Å². The highest BCUT2D eigenvalue weighted by atomic mass is 79.9. The molecule has 0 aliphatic carbocycles. The first-order chi connectivity index (χ1) is 8.78. The number of rotatable bonds is 3. The number of esters is 1. The number of hydrogen-bond donors (Lipinski definition) is 0. The maximum Gasteiger partial charge on any atom is 0.446 e. The molecule has 0 aliphatic heterocycles. The van der Waals surface area contributed by atoms with E-state index in [0.717, 1.165) is 0 Å². The predicted octanol–water partition coefficient (Wildman–Crippen LogP) is 3.65. The van der Waals surface area contributed by atoms with Crippen molar-refractivity contribution in [3.63, 3.8) is 0 Å². The molecular weight excluding hydrogens is 347 g/mol. The molecule has 0 amide bonds. The fraction of sp³-hybridized carbons (Fsp3) is 0.273. The van der Waals surface area contributed by atoms with Crippen molar-refractivity contribution in [2.45, 2.75) is 16.8 Å². The number of nitrogens with zero attached hydrogens (tertiary/aromatic N) is 1. The van der Waals surface area contributed by atoms with Gasteiger partial charge in [-0.25, -0.2) is 0 Å². The van der Waals surface area contributed by atoms with Crippen molar-refractivity contribution in [2.75, 3.05) is 7.11 Å². The van der Waals surface area contributed by atoms with Crippen molar-refractivity contribution in [1.29, 1.82) is 5.26 Å². The van der Waals surface area contributed by atoms with E-state index >= 15 is 0 Å². The van der Waals surface area contributed by atoms with E-state index < -0.39 is 23.2 Å². The van der Waals surface area contributed by atoms with Crippen molar-refractivity contribution in [3.05, 3.63) is 27.7 Å². The van der Waals surface area contributed by atoms with Gasteiger partial charge in [0.2, 0.25) is 0 Å². The zero-order chi connectivity index (χ0) is 14.6. The average molecular weight is 354 g/mol. The SMILES string of the molecule is COC(=O)Cc1ccc(Br)c(SC(F)(F)F)c1C#N. The van der Waals surface area contributed by atoms with Gasteiger partial charge in [-0.1, -0.05) is 6.07 Å². The molecule has 0 fully saturated rings. The molecule has 0 saturated heterocycles. The largest absolute Gasteiger partial charge is 0.469 e. The molecular formula is C11H7BrF3NO2S. The van der Waals surface area contributed by atoms with Crippen LogP contribution in [-0.4, -0.2) is 18.6 Å². The first-order valence-electron chi connectivity index (χ1n) is 4.82. The van der Waals surface area contributed by atoms with Crippen LogP contribution >= 0.6 is 27.7 Å². The van der Waals surface area contributed by atoms with E-state index in [4.69, 9.17) is 5.26 Å². The van der Waals surface area contributed by atoms with Gasteiger partial charge in [0, 0.05) is 9.37 Å². The molecule has 0 radical (unpaired) electrons. The van der Waals surface area contributed by atoms with Gasteiger partial charge in [0.05, 0.1) is 19.1 Å². The molecule has 0 heterocycles. The Kier molecular flexibility index (Phi) is 5.26. The van der Waals surface area contributed by atoms with Crippen LogP contribution in [0.5, 0.6) is 0 Å². The summed E-state index contributed by atoms with van der Waals surface area (Å²) < 4.78 is 41.9. The third-order valence-corrected chi connectivity index (χ3v) is 3.87. The van der Waals surface area contributed by atoms with Crippen LogP contribution in [-0.2, 0) is 16.0 Å². The molecule has 1 rings (SSSR count). The highest BCUT2D eigenvalue weighted by molar-refractivity contribution is 9.10. The topological polar surface area (TPSA) is 50.1 Å². The Morgan fingerprint density at radius 2 is 2.16 bits per heavy atom. The maximum atomic E-state index is 12.4. The molecule has 3 nitrogen and oxygen atoms in total. The van der Waals surface area contributed by atoms with E-state index in [1.54, 1.807) is 6.07 Å². The molecule has 102 valence electrons. The molecule has 0 aromatic heterocycles. The molecule has 0 aliphatic rings. The van der Waals surface area contributed by atoms with Crippen LogP contribution in [0.2, 0.25) is 0 Å². The fourth-order valence-electron chi connectivity index (χ4n) is 1.31.